The smallest absolute Gasteiger partial charge is 0.275 e. The van der Waals surface area contributed by atoms with Crippen LogP contribution in [-0.2, 0) is 6.54 Å². The van der Waals surface area contributed by atoms with Crippen LogP contribution in [0.5, 0.6) is 0 Å². The van der Waals surface area contributed by atoms with Gasteiger partial charge in [-0.2, -0.15) is 0 Å². The molecule has 3 rings (SSSR count). The van der Waals surface area contributed by atoms with E-state index in [9.17, 15) is 4.79 Å². The number of nitrogen functional groups attached to an aromatic ring is 1. The van der Waals surface area contributed by atoms with Gasteiger partial charge in [-0.25, -0.2) is 5.84 Å². The van der Waals surface area contributed by atoms with Crippen molar-refractivity contribution >= 4 is 28.1 Å². The number of aryl methyl sites for hydroxylation is 1. The molecular weight excluding hydrogens is 270 g/mol. The molecule has 0 bridgehead atoms. The molecule has 0 radical (unpaired) electrons. The molecule has 0 unspecified atom stereocenters. The van der Waals surface area contributed by atoms with Crippen molar-refractivity contribution in [1.29, 1.82) is 0 Å². The van der Waals surface area contributed by atoms with Gasteiger partial charge >= 0.3 is 0 Å². The van der Waals surface area contributed by atoms with E-state index in [2.05, 4.69) is 41.2 Å². The molecule has 2 aromatic heterocycles. The monoisotopic (exact) mass is 285 g/mol. The van der Waals surface area contributed by atoms with Gasteiger partial charge in [0.1, 0.15) is 0 Å². The van der Waals surface area contributed by atoms with E-state index < -0.39 is 0 Å². The molecule has 0 aliphatic heterocycles. The first kappa shape index (κ1) is 12.9. The van der Waals surface area contributed by atoms with E-state index in [1.165, 1.54) is 27.8 Å². The van der Waals surface area contributed by atoms with Crippen molar-refractivity contribution in [2.75, 3.05) is 0 Å². The Labute approximate surface area is 120 Å². The Morgan fingerprint density at radius 2 is 2.20 bits per heavy atom. The third-order valence-corrected chi connectivity index (χ3v) is 4.31. The summed E-state index contributed by atoms with van der Waals surface area (Å²) >= 11 is 1.41. The molecule has 2 heterocycles. The highest BCUT2D eigenvalue weighted by Crippen LogP contribution is 2.22. The van der Waals surface area contributed by atoms with Crippen LogP contribution in [0.15, 0.2) is 41.9 Å². The lowest BCUT2D eigenvalue weighted by Crippen LogP contribution is -2.30. The summed E-state index contributed by atoms with van der Waals surface area (Å²) in [6.45, 7) is 2.75. The summed E-state index contributed by atoms with van der Waals surface area (Å²) in [6.07, 6.45) is 2.05. The number of fused-ring (bicyclic) bond motifs is 1. The van der Waals surface area contributed by atoms with Crippen LogP contribution < -0.4 is 11.3 Å². The molecule has 4 nitrogen and oxygen atoms in total. The lowest BCUT2D eigenvalue weighted by molar-refractivity contribution is 0.0957. The van der Waals surface area contributed by atoms with Crippen molar-refractivity contribution in [3.8, 4) is 0 Å². The molecule has 0 spiro atoms. The third-order valence-electron chi connectivity index (χ3n) is 3.35. The number of carbonyl (C=O) groups is 1. The molecule has 20 heavy (non-hydrogen) atoms. The minimum absolute atomic E-state index is 0.234. The van der Waals surface area contributed by atoms with E-state index in [1.54, 1.807) is 0 Å². The second-order valence-electron chi connectivity index (χ2n) is 4.75. The SMILES string of the molecule is Cc1ccc2c(ccn2Cc2ccsc2C(=O)NN)c1. The zero-order chi connectivity index (χ0) is 14.1. The zero-order valence-electron chi connectivity index (χ0n) is 11.1. The minimum atomic E-state index is -0.234. The van der Waals surface area contributed by atoms with Gasteiger partial charge in [0.2, 0.25) is 0 Å². The Bertz CT molecular complexity index is 772. The van der Waals surface area contributed by atoms with Gasteiger partial charge in [0.05, 0.1) is 4.88 Å². The van der Waals surface area contributed by atoms with Crippen LogP contribution in [0.3, 0.4) is 0 Å². The molecule has 1 amide bonds. The fraction of sp³-hybridized carbons (Fsp3) is 0.133. The van der Waals surface area contributed by atoms with Crippen LogP contribution in [-0.4, -0.2) is 10.5 Å². The van der Waals surface area contributed by atoms with Gasteiger partial charge in [0, 0.05) is 18.3 Å². The molecule has 0 fully saturated rings. The summed E-state index contributed by atoms with van der Waals surface area (Å²) in [7, 11) is 0. The van der Waals surface area contributed by atoms with Gasteiger partial charge in [-0.3, -0.25) is 10.2 Å². The summed E-state index contributed by atoms with van der Waals surface area (Å²) in [4.78, 5) is 12.4. The van der Waals surface area contributed by atoms with Crippen LogP contribution in [0.4, 0.5) is 0 Å². The van der Waals surface area contributed by atoms with E-state index in [0.29, 0.717) is 11.4 Å². The number of nitrogens with two attached hydrogens (primary N) is 1. The second-order valence-corrected chi connectivity index (χ2v) is 5.67. The topological polar surface area (TPSA) is 60.0 Å². The highest BCUT2D eigenvalue weighted by Gasteiger charge is 2.13. The van der Waals surface area contributed by atoms with Crippen molar-refractivity contribution in [2.45, 2.75) is 13.5 Å². The molecule has 5 heteroatoms. The van der Waals surface area contributed by atoms with Crippen LogP contribution >= 0.6 is 11.3 Å². The maximum atomic E-state index is 11.7. The fourth-order valence-corrected chi connectivity index (χ4v) is 3.18. The number of nitrogens with one attached hydrogen (secondary N) is 1. The quantitative estimate of drug-likeness (QED) is 0.441. The number of hydrogen-bond donors (Lipinski definition) is 2. The van der Waals surface area contributed by atoms with Crippen LogP contribution in [0.1, 0.15) is 20.8 Å². The number of nitrogens with zero attached hydrogens (tertiary/aromatic N) is 1. The summed E-state index contributed by atoms with van der Waals surface area (Å²) in [5.41, 5.74) is 5.59. The van der Waals surface area contributed by atoms with E-state index in [0.717, 1.165) is 5.56 Å². The first-order valence-corrected chi connectivity index (χ1v) is 7.20. The number of aromatic nitrogens is 1. The van der Waals surface area contributed by atoms with Crippen molar-refractivity contribution in [2.24, 2.45) is 5.84 Å². The molecule has 0 aliphatic carbocycles. The molecule has 0 saturated heterocycles. The molecule has 3 N–H and O–H groups in total. The van der Waals surface area contributed by atoms with E-state index in [-0.39, 0.29) is 5.91 Å². The molecule has 102 valence electrons. The number of amides is 1. The van der Waals surface area contributed by atoms with Gasteiger partial charge < -0.3 is 4.57 Å². The van der Waals surface area contributed by atoms with Crippen molar-refractivity contribution in [3.05, 3.63) is 57.9 Å². The number of carbonyl (C=O) groups excluding carboxylic acids is 1. The van der Waals surface area contributed by atoms with Crippen LogP contribution in [0.2, 0.25) is 0 Å². The number of benzene rings is 1. The normalized spacial score (nSPS) is 10.9. The van der Waals surface area contributed by atoms with E-state index in [4.69, 9.17) is 5.84 Å². The van der Waals surface area contributed by atoms with Gasteiger partial charge in [0.15, 0.2) is 0 Å². The maximum Gasteiger partial charge on any atom is 0.275 e. The molecule has 1 aromatic carbocycles. The highest BCUT2D eigenvalue weighted by molar-refractivity contribution is 7.12. The first-order chi connectivity index (χ1) is 9.69. The number of thiophene rings is 1. The van der Waals surface area contributed by atoms with Gasteiger partial charge in [-0.15, -0.1) is 11.3 Å². The Kier molecular flexibility index (Phi) is 3.30. The molecular formula is C15H15N3OS. The number of hydrogen-bond acceptors (Lipinski definition) is 3. The molecule has 0 aliphatic rings. The summed E-state index contributed by atoms with van der Waals surface area (Å²) in [6, 6.07) is 10.4. The maximum absolute atomic E-state index is 11.7. The van der Waals surface area contributed by atoms with Crippen LogP contribution in [0, 0.1) is 6.92 Å². The first-order valence-electron chi connectivity index (χ1n) is 6.32. The van der Waals surface area contributed by atoms with Crippen LogP contribution in [0.25, 0.3) is 10.9 Å². The fourth-order valence-electron chi connectivity index (χ4n) is 2.37. The average Bonchev–Trinajstić information content (AvgIpc) is 3.05. The third kappa shape index (κ3) is 2.21. The lowest BCUT2D eigenvalue weighted by atomic mass is 10.2. The summed E-state index contributed by atoms with van der Waals surface area (Å²) in [5.74, 6) is 4.98. The summed E-state index contributed by atoms with van der Waals surface area (Å²) in [5, 5.41) is 3.13. The average molecular weight is 285 g/mol. The standard InChI is InChI=1S/C15H15N3OS/c1-10-2-3-13-11(8-10)4-6-18(13)9-12-5-7-20-14(12)15(19)17-16/h2-8H,9,16H2,1H3,(H,17,19). The summed E-state index contributed by atoms with van der Waals surface area (Å²) < 4.78 is 2.14. The second kappa shape index (κ2) is 5.11. The lowest BCUT2D eigenvalue weighted by Gasteiger charge is -2.06. The molecule has 0 atom stereocenters. The predicted octanol–water partition coefficient (Wildman–Crippen LogP) is 2.66. The van der Waals surface area contributed by atoms with Gasteiger partial charge in [-0.1, -0.05) is 11.6 Å². The number of rotatable bonds is 3. The highest BCUT2D eigenvalue weighted by atomic mass is 32.1. The molecule has 3 aromatic rings. The molecule has 0 saturated carbocycles. The van der Waals surface area contributed by atoms with E-state index >= 15 is 0 Å². The van der Waals surface area contributed by atoms with E-state index in [1.807, 2.05) is 17.6 Å². The van der Waals surface area contributed by atoms with Gasteiger partial charge in [0.25, 0.3) is 5.91 Å². The van der Waals surface area contributed by atoms with Gasteiger partial charge in [-0.05, 0) is 47.5 Å². The Morgan fingerprint density at radius 3 is 3.00 bits per heavy atom. The largest absolute Gasteiger partial charge is 0.343 e. The zero-order valence-corrected chi connectivity index (χ0v) is 11.9. The Morgan fingerprint density at radius 1 is 1.35 bits per heavy atom. The van der Waals surface area contributed by atoms with Crippen molar-refractivity contribution in [1.82, 2.24) is 9.99 Å². The van der Waals surface area contributed by atoms with Crippen molar-refractivity contribution < 1.29 is 4.79 Å². The Hall–Kier alpha value is -2.11. The van der Waals surface area contributed by atoms with Crippen molar-refractivity contribution in [3.63, 3.8) is 0 Å². The number of hydrazine groups is 1. The Balaban J connectivity index is 1.98. The predicted molar refractivity (Wildman–Crippen MR) is 81.7 cm³/mol. The minimum Gasteiger partial charge on any atom is -0.343 e.